The molecule has 0 atom stereocenters. The molecule has 184 valence electrons. The number of benzene rings is 2. The second-order valence-corrected chi connectivity index (χ2v) is 9.91. The van der Waals surface area contributed by atoms with E-state index in [0.29, 0.717) is 0 Å². The van der Waals surface area contributed by atoms with Crippen LogP contribution in [0.15, 0.2) is 58.6 Å². The van der Waals surface area contributed by atoms with Crippen molar-refractivity contribution in [1.29, 1.82) is 0 Å². The lowest BCUT2D eigenvalue weighted by atomic mass is 10.0. The summed E-state index contributed by atoms with van der Waals surface area (Å²) in [7, 11) is -9.74. The van der Waals surface area contributed by atoms with Crippen LogP contribution in [0.4, 0.5) is 11.4 Å². The summed E-state index contributed by atoms with van der Waals surface area (Å²) >= 11 is 0. The third-order valence-corrected chi connectivity index (χ3v) is 6.83. The second kappa shape index (κ2) is 9.34. The molecule has 16 heteroatoms. The Hall–Kier alpha value is -4.38. The Morgan fingerprint density at radius 3 is 1.33 bits per heavy atom. The van der Waals surface area contributed by atoms with E-state index in [2.05, 4.69) is 30.8 Å². The van der Waals surface area contributed by atoms with Gasteiger partial charge in [0, 0.05) is 22.5 Å². The zero-order valence-electron chi connectivity index (χ0n) is 18.0. The van der Waals surface area contributed by atoms with Gasteiger partial charge in [-0.1, -0.05) is 24.3 Å². The average molecular weight is 529 g/mol. The molecule has 2 heterocycles. The summed E-state index contributed by atoms with van der Waals surface area (Å²) < 4.78 is 69.4. The Morgan fingerprint density at radius 1 is 0.639 bits per heavy atom. The van der Waals surface area contributed by atoms with Crippen molar-refractivity contribution >= 4 is 43.8 Å². The van der Waals surface area contributed by atoms with E-state index in [9.17, 15) is 25.9 Å². The predicted molar refractivity (Wildman–Crippen MR) is 128 cm³/mol. The number of hydrogen-bond acceptors (Lipinski definition) is 12. The maximum absolute atomic E-state index is 12.4. The Morgan fingerprint density at radius 2 is 1.03 bits per heavy atom. The summed E-state index contributed by atoms with van der Waals surface area (Å²) in [5, 5.41) is 21.5. The summed E-state index contributed by atoms with van der Waals surface area (Å²) in [6.45, 7) is 0. The van der Waals surface area contributed by atoms with Gasteiger partial charge in [0.15, 0.2) is 0 Å². The van der Waals surface area contributed by atoms with Crippen LogP contribution in [0.25, 0.3) is 34.7 Å². The Kier molecular flexibility index (Phi) is 6.42. The van der Waals surface area contributed by atoms with E-state index in [1.54, 1.807) is 0 Å². The van der Waals surface area contributed by atoms with Gasteiger partial charge in [0.2, 0.25) is 0 Å². The van der Waals surface area contributed by atoms with E-state index in [4.69, 9.17) is 11.5 Å². The second-order valence-electron chi connectivity index (χ2n) is 7.19. The lowest BCUT2D eigenvalue weighted by Crippen LogP contribution is -2.08. The summed E-state index contributed by atoms with van der Waals surface area (Å²) in [6.07, 6.45) is 4.94. The molecule has 0 unspecified atom stereocenters. The molecule has 0 amide bonds. The number of anilines is 2. The molecule has 0 spiro atoms. The fraction of sp³-hybridized carbons (Fsp3) is 0. The third-order valence-electron chi connectivity index (χ3n) is 4.92. The molecular formula is C20H16N8O6S2. The molecule has 0 saturated carbocycles. The molecule has 0 aliphatic carbocycles. The molecule has 36 heavy (non-hydrogen) atoms. The van der Waals surface area contributed by atoms with Gasteiger partial charge in [-0.15, -0.1) is 20.4 Å². The highest BCUT2D eigenvalue weighted by Gasteiger charge is 2.26. The average Bonchev–Trinajstić information content (AvgIpc) is 2.83. The zero-order chi connectivity index (χ0) is 26.1. The number of nitrogens with two attached hydrogens (primary N) is 2. The van der Waals surface area contributed by atoms with Crippen molar-refractivity contribution in [3.63, 3.8) is 0 Å². The first-order valence-electron chi connectivity index (χ1n) is 9.76. The van der Waals surface area contributed by atoms with E-state index < -0.39 is 30.0 Å². The standard InChI is InChI=1S/C20H16N8O6S2/c21-13-5-3-11(19(35(29,30)31)17(13)15-7-9-23-27-25-15)1-2-12-4-6-14(22)18(20(12)36(32,33)34)16-8-10-24-28-26-16/h1-10H,21-22H2,(H,29,30,31)(H,32,33,34)/b2-1+. The van der Waals surface area contributed by atoms with Gasteiger partial charge in [-0.05, 0) is 45.8 Å². The van der Waals surface area contributed by atoms with Crippen molar-refractivity contribution in [3.05, 3.63) is 59.9 Å². The number of hydrogen-bond donors (Lipinski definition) is 4. The molecule has 2 aromatic carbocycles. The summed E-state index contributed by atoms with van der Waals surface area (Å²) in [5.41, 5.74) is 11.6. The van der Waals surface area contributed by atoms with Crippen LogP contribution in [0.5, 0.6) is 0 Å². The van der Waals surface area contributed by atoms with Gasteiger partial charge in [-0.3, -0.25) is 9.11 Å². The van der Waals surface area contributed by atoms with Crippen molar-refractivity contribution in [2.45, 2.75) is 9.79 Å². The third kappa shape index (κ3) is 4.86. The van der Waals surface area contributed by atoms with Crippen LogP contribution in [0.1, 0.15) is 11.1 Å². The highest BCUT2D eigenvalue weighted by Crippen LogP contribution is 2.37. The molecular weight excluding hydrogens is 512 g/mol. The highest BCUT2D eigenvalue weighted by molar-refractivity contribution is 7.86. The molecule has 2 aromatic heterocycles. The van der Waals surface area contributed by atoms with Gasteiger partial charge in [-0.25, -0.2) is 0 Å². The number of rotatable bonds is 6. The van der Waals surface area contributed by atoms with E-state index >= 15 is 0 Å². The minimum atomic E-state index is -4.87. The molecule has 14 nitrogen and oxygen atoms in total. The monoisotopic (exact) mass is 528 g/mol. The van der Waals surface area contributed by atoms with Crippen LogP contribution >= 0.6 is 0 Å². The summed E-state index contributed by atoms with van der Waals surface area (Å²) in [4.78, 5) is -1.19. The quantitative estimate of drug-likeness (QED) is 0.156. The molecule has 4 aromatic rings. The Balaban J connectivity index is 1.97. The number of aromatic nitrogens is 6. The Bertz CT molecular complexity index is 1570. The molecule has 0 aliphatic rings. The maximum Gasteiger partial charge on any atom is 0.295 e. The highest BCUT2D eigenvalue weighted by atomic mass is 32.2. The van der Waals surface area contributed by atoms with E-state index in [1.165, 1.54) is 60.9 Å². The lowest BCUT2D eigenvalue weighted by Gasteiger charge is -2.14. The summed E-state index contributed by atoms with van der Waals surface area (Å²) in [5.74, 6) is 0. The lowest BCUT2D eigenvalue weighted by molar-refractivity contribution is 0.481. The first kappa shape index (κ1) is 24.7. The van der Waals surface area contributed by atoms with Crippen molar-refractivity contribution in [2.24, 2.45) is 0 Å². The van der Waals surface area contributed by atoms with Crippen LogP contribution in [0.2, 0.25) is 0 Å². The normalized spacial score (nSPS) is 12.2. The van der Waals surface area contributed by atoms with Gasteiger partial charge in [-0.2, -0.15) is 16.8 Å². The first-order valence-corrected chi connectivity index (χ1v) is 12.6. The molecule has 4 rings (SSSR count). The minimum absolute atomic E-state index is 0.0232. The van der Waals surface area contributed by atoms with Crippen LogP contribution in [0.3, 0.4) is 0 Å². The van der Waals surface area contributed by atoms with Gasteiger partial charge >= 0.3 is 0 Å². The van der Waals surface area contributed by atoms with Crippen LogP contribution in [0, 0.1) is 0 Å². The van der Waals surface area contributed by atoms with Crippen LogP contribution in [-0.4, -0.2) is 56.8 Å². The van der Waals surface area contributed by atoms with E-state index in [1.807, 2.05) is 0 Å². The Labute approximate surface area is 204 Å². The topological polar surface area (TPSA) is 238 Å². The van der Waals surface area contributed by atoms with Crippen molar-refractivity contribution in [1.82, 2.24) is 30.8 Å². The van der Waals surface area contributed by atoms with Gasteiger partial charge in [0.25, 0.3) is 20.2 Å². The van der Waals surface area contributed by atoms with Gasteiger partial charge in [0.05, 0.1) is 23.8 Å². The fourth-order valence-corrected chi connectivity index (χ4v) is 5.33. The largest absolute Gasteiger partial charge is 0.398 e. The van der Waals surface area contributed by atoms with Gasteiger partial charge in [0.1, 0.15) is 9.79 Å². The van der Waals surface area contributed by atoms with Crippen LogP contribution < -0.4 is 11.5 Å². The molecule has 6 N–H and O–H groups in total. The van der Waals surface area contributed by atoms with E-state index in [0.717, 1.165) is 0 Å². The van der Waals surface area contributed by atoms with Crippen molar-refractivity contribution in [3.8, 4) is 22.5 Å². The smallest absolute Gasteiger partial charge is 0.295 e. The van der Waals surface area contributed by atoms with Crippen molar-refractivity contribution in [2.75, 3.05) is 11.5 Å². The molecule has 0 aliphatic heterocycles. The maximum atomic E-state index is 12.4. The molecule has 0 bridgehead atoms. The predicted octanol–water partition coefficient (Wildman–Crippen LogP) is 1.22. The summed E-state index contributed by atoms with van der Waals surface area (Å²) in [6, 6.07) is 8.03. The van der Waals surface area contributed by atoms with Crippen molar-refractivity contribution < 1.29 is 25.9 Å². The zero-order valence-corrected chi connectivity index (χ0v) is 19.6. The van der Waals surface area contributed by atoms with E-state index in [-0.39, 0.29) is 45.0 Å². The SMILES string of the molecule is Nc1ccc(/C=C/c2ccc(N)c(-c3ccnnn3)c2S(=O)(=O)O)c(S(=O)(=O)O)c1-c1ccnnn1. The first-order chi connectivity index (χ1) is 17.0. The number of nitrogens with zero attached hydrogens (tertiary/aromatic N) is 6. The molecule has 0 radical (unpaired) electrons. The van der Waals surface area contributed by atoms with Gasteiger partial charge < -0.3 is 11.5 Å². The minimum Gasteiger partial charge on any atom is -0.398 e. The fourth-order valence-electron chi connectivity index (χ4n) is 3.50. The molecule has 0 saturated heterocycles. The number of nitrogen functional groups attached to an aromatic ring is 2. The molecule has 0 fully saturated rings. The van der Waals surface area contributed by atoms with Crippen LogP contribution in [-0.2, 0) is 20.2 Å².